The van der Waals surface area contributed by atoms with E-state index in [0.29, 0.717) is 40.2 Å². The number of benzene rings is 2. The topological polar surface area (TPSA) is 99.6 Å². The SMILES string of the molecule is CCN(CC)C(=O)Oc1cccc(N/C(=C\C(=N)C(F)(F)F)c2ccc(-c3cccc(S(C)(=O)=O)c3)s2)c1. The van der Waals surface area contributed by atoms with Gasteiger partial charge in [-0.2, -0.15) is 13.2 Å². The number of thiophene rings is 1. The molecule has 3 rings (SSSR count). The lowest BCUT2D eigenvalue weighted by Gasteiger charge is -2.18. The Morgan fingerprint density at radius 3 is 2.39 bits per heavy atom. The third kappa shape index (κ3) is 7.45. The molecule has 1 heterocycles. The third-order valence-corrected chi connectivity index (χ3v) is 7.63. The lowest BCUT2D eigenvalue weighted by atomic mass is 10.2. The van der Waals surface area contributed by atoms with Crippen LogP contribution < -0.4 is 10.1 Å². The first-order valence-electron chi connectivity index (χ1n) is 11.4. The van der Waals surface area contributed by atoms with Crippen LogP contribution in [0.1, 0.15) is 18.7 Å². The number of hydrogen-bond acceptors (Lipinski definition) is 7. The maximum absolute atomic E-state index is 13.2. The van der Waals surface area contributed by atoms with Crippen LogP contribution in [-0.4, -0.2) is 50.6 Å². The van der Waals surface area contributed by atoms with Gasteiger partial charge in [0.15, 0.2) is 9.84 Å². The van der Waals surface area contributed by atoms with Crippen molar-refractivity contribution in [1.82, 2.24) is 4.90 Å². The molecule has 1 aromatic heterocycles. The Kier molecular flexibility index (Phi) is 9.00. The Hall–Kier alpha value is -3.64. The van der Waals surface area contributed by atoms with Crippen LogP contribution >= 0.6 is 11.3 Å². The zero-order chi connectivity index (χ0) is 28.1. The lowest BCUT2D eigenvalue weighted by Crippen LogP contribution is -2.33. The Morgan fingerprint density at radius 2 is 1.76 bits per heavy atom. The van der Waals surface area contributed by atoms with Crippen LogP contribution in [0.2, 0.25) is 0 Å². The highest BCUT2D eigenvalue weighted by molar-refractivity contribution is 7.90. The molecule has 7 nitrogen and oxygen atoms in total. The number of amides is 1. The van der Waals surface area contributed by atoms with Gasteiger partial charge >= 0.3 is 12.3 Å². The second-order valence-electron chi connectivity index (χ2n) is 8.13. The highest BCUT2D eigenvalue weighted by atomic mass is 32.2. The number of anilines is 1. The van der Waals surface area contributed by atoms with Crippen LogP contribution in [0.4, 0.5) is 23.7 Å². The molecule has 2 aromatic carbocycles. The fourth-order valence-corrected chi connectivity index (χ4v) is 4.99. The first kappa shape index (κ1) is 28.9. The van der Waals surface area contributed by atoms with Gasteiger partial charge in [0.25, 0.3) is 0 Å². The molecule has 0 spiro atoms. The number of nitrogens with one attached hydrogen (secondary N) is 2. The van der Waals surface area contributed by atoms with E-state index < -0.39 is 27.8 Å². The monoisotopic (exact) mass is 565 g/mol. The molecule has 0 fully saturated rings. The standard InChI is InChI=1S/C26H26F3N3O4S2/c1-4-32(5-2)25(33)36-19-10-7-9-18(15-19)31-21(16-24(30)26(27,28)29)23-13-12-22(37-23)17-8-6-11-20(14-17)38(3,34)35/h6-16,30-31H,4-5H2,1-3H3/b21-16-,30-24?. The molecule has 0 aliphatic carbocycles. The number of hydrogen-bond donors (Lipinski definition) is 2. The van der Waals surface area contributed by atoms with E-state index in [1.54, 1.807) is 42.5 Å². The maximum Gasteiger partial charge on any atom is 0.432 e. The van der Waals surface area contributed by atoms with Crippen molar-refractivity contribution in [3.05, 3.63) is 71.6 Å². The van der Waals surface area contributed by atoms with Gasteiger partial charge in [-0.15, -0.1) is 11.3 Å². The zero-order valence-electron chi connectivity index (χ0n) is 20.8. The van der Waals surface area contributed by atoms with E-state index in [-0.39, 0.29) is 16.3 Å². The van der Waals surface area contributed by atoms with Crippen molar-refractivity contribution >= 4 is 44.4 Å². The summed E-state index contributed by atoms with van der Waals surface area (Å²) in [5, 5.41) is 10.4. The van der Waals surface area contributed by atoms with Crippen LogP contribution in [0.3, 0.4) is 0 Å². The summed E-state index contributed by atoms with van der Waals surface area (Å²) in [6.45, 7) is 4.52. The van der Waals surface area contributed by atoms with Gasteiger partial charge in [0.1, 0.15) is 11.5 Å². The van der Waals surface area contributed by atoms with Gasteiger partial charge in [-0.05, 0) is 61.9 Å². The fraction of sp³-hybridized carbons (Fsp3) is 0.231. The summed E-state index contributed by atoms with van der Waals surface area (Å²) in [5.41, 5.74) is -0.641. The number of carbonyl (C=O) groups excluding carboxylic acids is 1. The molecule has 0 aliphatic rings. The van der Waals surface area contributed by atoms with E-state index in [1.165, 1.54) is 23.1 Å². The van der Waals surface area contributed by atoms with Crippen molar-refractivity contribution in [2.45, 2.75) is 24.9 Å². The van der Waals surface area contributed by atoms with Crippen molar-refractivity contribution in [3.63, 3.8) is 0 Å². The molecule has 0 aliphatic heterocycles. The van der Waals surface area contributed by atoms with Gasteiger partial charge in [-0.3, -0.25) is 5.41 Å². The van der Waals surface area contributed by atoms with Gasteiger partial charge in [0, 0.05) is 36.0 Å². The molecule has 0 atom stereocenters. The molecule has 202 valence electrons. The number of allylic oxidation sites excluding steroid dienone is 1. The normalized spacial score (nSPS) is 12.2. The van der Waals surface area contributed by atoms with Crippen LogP contribution in [0.5, 0.6) is 5.75 Å². The first-order valence-corrected chi connectivity index (χ1v) is 14.1. The van der Waals surface area contributed by atoms with Gasteiger partial charge < -0.3 is 15.0 Å². The Balaban J connectivity index is 1.96. The molecule has 0 unspecified atom stereocenters. The van der Waals surface area contributed by atoms with E-state index in [9.17, 15) is 26.4 Å². The number of rotatable bonds is 9. The van der Waals surface area contributed by atoms with E-state index in [0.717, 1.165) is 17.6 Å². The van der Waals surface area contributed by atoms with Crippen LogP contribution in [0, 0.1) is 5.41 Å². The van der Waals surface area contributed by atoms with E-state index in [2.05, 4.69) is 5.32 Å². The number of alkyl halides is 3. The van der Waals surface area contributed by atoms with Crippen LogP contribution in [-0.2, 0) is 9.84 Å². The number of carbonyl (C=O) groups is 1. The lowest BCUT2D eigenvalue weighted by molar-refractivity contribution is -0.0583. The van der Waals surface area contributed by atoms with Crippen molar-refractivity contribution in [2.75, 3.05) is 24.7 Å². The fourth-order valence-electron chi connectivity index (χ4n) is 3.35. The summed E-state index contributed by atoms with van der Waals surface area (Å²) in [7, 11) is -3.45. The summed E-state index contributed by atoms with van der Waals surface area (Å²) in [5.74, 6) is 0.196. The highest BCUT2D eigenvalue weighted by Crippen LogP contribution is 2.34. The molecule has 0 radical (unpaired) electrons. The Bertz CT molecular complexity index is 1460. The molecule has 0 saturated carbocycles. The molecule has 38 heavy (non-hydrogen) atoms. The quantitative estimate of drug-likeness (QED) is 0.282. The van der Waals surface area contributed by atoms with Crippen molar-refractivity contribution in [1.29, 1.82) is 5.41 Å². The van der Waals surface area contributed by atoms with Crippen LogP contribution in [0.15, 0.2) is 71.6 Å². The second-order valence-corrected chi connectivity index (χ2v) is 11.2. The molecule has 2 N–H and O–H groups in total. The molecule has 0 bridgehead atoms. The smallest absolute Gasteiger partial charge is 0.410 e. The Morgan fingerprint density at radius 1 is 1.08 bits per heavy atom. The van der Waals surface area contributed by atoms with Gasteiger partial charge in [-0.25, -0.2) is 13.2 Å². The predicted molar refractivity (Wildman–Crippen MR) is 144 cm³/mol. The summed E-state index contributed by atoms with van der Waals surface area (Å²) >= 11 is 1.13. The minimum Gasteiger partial charge on any atom is -0.410 e. The predicted octanol–water partition coefficient (Wildman–Crippen LogP) is 6.69. The van der Waals surface area contributed by atoms with E-state index >= 15 is 0 Å². The number of halogens is 3. The third-order valence-electron chi connectivity index (χ3n) is 5.35. The maximum atomic E-state index is 13.2. The van der Waals surface area contributed by atoms with E-state index in [1.807, 2.05) is 13.8 Å². The molecular weight excluding hydrogens is 539 g/mol. The average molecular weight is 566 g/mol. The van der Waals surface area contributed by atoms with Crippen LogP contribution in [0.25, 0.3) is 16.1 Å². The van der Waals surface area contributed by atoms with Gasteiger partial charge in [0.2, 0.25) is 0 Å². The summed E-state index contributed by atoms with van der Waals surface area (Å²) in [6.07, 6.45) is -3.65. The highest BCUT2D eigenvalue weighted by Gasteiger charge is 2.33. The molecule has 0 saturated heterocycles. The Labute approximate surface area is 223 Å². The molecule has 3 aromatic rings. The largest absolute Gasteiger partial charge is 0.432 e. The number of sulfone groups is 1. The van der Waals surface area contributed by atoms with Gasteiger partial charge in [-0.1, -0.05) is 18.2 Å². The van der Waals surface area contributed by atoms with Gasteiger partial charge in [0.05, 0.1) is 15.5 Å². The summed E-state index contributed by atoms with van der Waals surface area (Å²) < 4.78 is 68.9. The number of ether oxygens (including phenoxy) is 1. The summed E-state index contributed by atoms with van der Waals surface area (Å²) in [6, 6.07) is 15.7. The zero-order valence-corrected chi connectivity index (χ0v) is 22.4. The number of nitrogens with zero attached hydrogens (tertiary/aromatic N) is 1. The molecular formula is C26H26F3N3O4S2. The first-order chi connectivity index (χ1) is 17.8. The van der Waals surface area contributed by atoms with Crippen molar-refractivity contribution in [3.8, 4) is 16.2 Å². The average Bonchev–Trinajstić information content (AvgIpc) is 3.34. The minimum atomic E-state index is -4.86. The minimum absolute atomic E-state index is 0.00457. The van der Waals surface area contributed by atoms with E-state index in [4.69, 9.17) is 10.1 Å². The molecule has 12 heteroatoms. The summed E-state index contributed by atoms with van der Waals surface area (Å²) in [4.78, 5) is 14.9. The van der Waals surface area contributed by atoms with Crippen molar-refractivity contribution in [2.24, 2.45) is 0 Å². The van der Waals surface area contributed by atoms with Crippen molar-refractivity contribution < 1.29 is 31.1 Å². The second kappa shape index (κ2) is 11.8. The molecule has 1 amide bonds.